The molecular weight excluding hydrogens is 264 g/mol. The summed E-state index contributed by atoms with van der Waals surface area (Å²) in [6, 6.07) is 0. The van der Waals surface area contributed by atoms with Gasteiger partial charge in [0.15, 0.2) is 10.8 Å². The topological polar surface area (TPSA) is 80.0 Å². The Labute approximate surface area is 115 Å². The lowest BCUT2D eigenvalue weighted by atomic mass is 10.2. The highest BCUT2D eigenvalue weighted by atomic mass is 32.1. The van der Waals surface area contributed by atoms with Crippen molar-refractivity contribution in [2.45, 2.75) is 27.3 Å². The molecule has 2 aromatic rings. The van der Waals surface area contributed by atoms with Crippen LogP contribution in [-0.2, 0) is 13.6 Å². The zero-order chi connectivity index (χ0) is 14.2. The molecule has 2 rings (SSSR count). The van der Waals surface area contributed by atoms with Crippen LogP contribution in [0, 0.1) is 20.8 Å². The van der Waals surface area contributed by atoms with E-state index in [0.29, 0.717) is 16.6 Å². The van der Waals surface area contributed by atoms with Crippen LogP contribution in [0.4, 0.5) is 5.13 Å². The molecule has 0 bridgehead atoms. The Kier molecular flexibility index (Phi) is 3.57. The van der Waals surface area contributed by atoms with Crippen molar-refractivity contribution in [2.75, 3.05) is 5.32 Å². The zero-order valence-electron chi connectivity index (χ0n) is 11.3. The number of carboxylic acids is 1. The number of aromatic nitrogens is 3. The molecule has 0 aliphatic carbocycles. The number of carbonyl (C=O) groups is 1. The van der Waals surface area contributed by atoms with Gasteiger partial charge in [0.25, 0.3) is 0 Å². The van der Waals surface area contributed by atoms with E-state index in [-0.39, 0.29) is 5.69 Å². The second-order valence-corrected chi connectivity index (χ2v) is 5.56. The molecule has 7 heteroatoms. The lowest BCUT2D eigenvalue weighted by Gasteiger charge is -2.03. The molecule has 0 spiro atoms. The largest absolute Gasteiger partial charge is 0.476 e. The molecule has 0 aliphatic heterocycles. The molecule has 0 aliphatic rings. The number of hydrogen-bond donors (Lipinski definition) is 2. The van der Waals surface area contributed by atoms with E-state index in [0.717, 1.165) is 17.0 Å². The highest BCUT2D eigenvalue weighted by Crippen LogP contribution is 2.23. The number of aromatic carboxylic acids is 1. The Hall–Kier alpha value is -1.89. The Balaban J connectivity index is 2.15. The summed E-state index contributed by atoms with van der Waals surface area (Å²) in [4.78, 5) is 15.7. The van der Waals surface area contributed by atoms with Gasteiger partial charge in [0, 0.05) is 29.7 Å². The molecule has 0 aromatic carbocycles. The molecule has 102 valence electrons. The van der Waals surface area contributed by atoms with Crippen LogP contribution >= 0.6 is 11.3 Å². The van der Waals surface area contributed by atoms with E-state index in [1.807, 2.05) is 25.6 Å². The number of thiazole rings is 1. The minimum Gasteiger partial charge on any atom is -0.476 e. The molecule has 0 saturated carbocycles. The van der Waals surface area contributed by atoms with Crippen molar-refractivity contribution in [3.63, 3.8) is 0 Å². The van der Waals surface area contributed by atoms with Gasteiger partial charge in [0.05, 0.1) is 5.69 Å². The second kappa shape index (κ2) is 5.00. The van der Waals surface area contributed by atoms with Crippen molar-refractivity contribution in [1.29, 1.82) is 0 Å². The maximum Gasteiger partial charge on any atom is 0.355 e. The Morgan fingerprint density at radius 1 is 1.42 bits per heavy atom. The van der Waals surface area contributed by atoms with E-state index < -0.39 is 5.97 Å². The van der Waals surface area contributed by atoms with Crippen molar-refractivity contribution >= 4 is 22.4 Å². The summed E-state index contributed by atoms with van der Waals surface area (Å²) in [6.45, 7) is 6.32. The fourth-order valence-electron chi connectivity index (χ4n) is 1.91. The van der Waals surface area contributed by atoms with Crippen LogP contribution in [0.25, 0.3) is 0 Å². The minimum atomic E-state index is -0.990. The first-order chi connectivity index (χ1) is 8.90. The summed E-state index contributed by atoms with van der Waals surface area (Å²) in [5.41, 5.74) is 3.30. The molecule has 6 nitrogen and oxygen atoms in total. The van der Waals surface area contributed by atoms with Gasteiger partial charge in [0.1, 0.15) is 0 Å². The van der Waals surface area contributed by atoms with Crippen LogP contribution in [0.3, 0.4) is 0 Å². The third-order valence-corrected chi connectivity index (χ3v) is 4.00. The lowest BCUT2D eigenvalue weighted by Crippen LogP contribution is -2.03. The number of carboxylic acid groups (broad SMARTS) is 1. The van der Waals surface area contributed by atoms with E-state index in [1.165, 1.54) is 11.3 Å². The first kappa shape index (κ1) is 13.5. The third kappa shape index (κ3) is 2.60. The summed E-state index contributed by atoms with van der Waals surface area (Å²) >= 11 is 1.35. The molecule has 0 unspecified atom stereocenters. The number of rotatable bonds is 4. The van der Waals surface area contributed by atoms with E-state index in [9.17, 15) is 4.79 Å². The summed E-state index contributed by atoms with van der Waals surface area (Å²) in [6.07, 6.45) is 0. The monoisotopic (exact) mass is 280 g/mol. The average Bonchev–Trinajstić information content (AvgIpc) is 2.80. The van der Waals surface area contributed by atoms with E-state index in [4.69, 9.17) is 5.11 Å². The van der Waals surface area contributed by atoms with Crippen LogP contribution in [0.15, 0.2) is 0 Å². The molecule has 19 heavy (non-hydrogen) atoms. The van der Waals surface area contributed by atoms with Gasteiger partial charge >= 0.3 is 5.97 Å². The van der Waals surface area contributed by atoms with Crippen LogP contribution in [0.2, 0.25) is 0 Å². The number of nitrogens with one attached hydrogen (secondary N) is 1. The number of anilines is 1. The average molecular weight is 280 g/mol. The first-order valence-corrected chi connectivity index (χ1v) is 6.65. The number of aryl methyl sites for hydroxylation is 3. The predicted molar refractivity (Wildman–Crippen MR) is 73.8 cm³/mol. The van der Waals surface area contributed by atoms with Gasteiger partial charge in [-0.3, -0.25) is 4.68 Å². The van der Waals surface area contributed by atoms with Crippen molar-refractivity contribution in [3.05, 3.63) is 27.5 Å². The van der Waals surface area contributed by atoms with Gasteiger partial charge in [-0.15, -0.1) is 11.3 Å². The van der Waals surface area contributed by atoms with Crippen molar-refractivity contribution in [1.82, 2.24) is 14.8 Å². The molecule has 0 atom stereocenters. The molecule has 0 amide bonds. The Morgan fingerprint density at radius 3 is 2.58 bits per heavy atom. The number of hydrogen-bond acceptors (Lipinski definition) is 5. The Bertz CT molecular complexity index is 630. The molecule has 2 heterocycles. The summed E-state index contributed by atoms with van der Waals surface area (Å²) in [7, 11) is 1.90. The van der Waals surface area contributed by atoms with Crippen LogP contribution in [-0.4, -0.2) is 25.8 Å². The fraction of sp³-hybridized carbons (Fsp3) is 0.417. The highest BCUT2D eigenvalue weighted by Gasteiger charge is 2.15. The molecular formula is C12H16N4O2S. The van der Waals surface area contributed by atoms with Gasteiger partial charge in [-0.25, -0.2) is 9.78 Å². The molecule has 2 aromatic heterocycles. The van der Waals surface area contributed by atoms with Gasteiger partial charge < -0.3 is 10.4 Å². The summed E-state index contributed by atoms with van der Waals surface area (Å²) in [5.74, 6) is -0.990. The zero-order valence-corrected chi connectivity index (χ0v) is 12.1. The van der Waals surface area contributed by atoms with Gasteiger partial charge in [-0.2, -0.15) is 5.10 Å². The normalized spacial score (nSPS) is 10.7. The van der Waals surface area contributed by atoms with Gasteiger partial charge in [-0.1, -0.05) is 0 Å². The van der Waals surface area contributed by atoms with E-state index in [1.54, 1.807) is 6.92 Å². The van der Waals surface area contributed by atoms with Gasteiger partial charge in [0.2, 0.25) is 0 Å². The lowest BCUT2D eigenvalue weighted by molar-refractivity contribution is 0.0690. The molecule has 2 N–H and O–H groups in total. The fourth-order valence-corrected chi connectivity index (χ4v) is 2.71. The molecule has 0 fully saturated rings. The van der Waals surface area contributed by atoms with Crippen LogP contribution in [0.5, 0.6) is 0 Å². The quantitative estimate of drug-likeness (QED) is 0.896. The van der Waals surface area contributed by atoms with E-state index >= 15 is 0 Å². The van der Waals surface area contributed by atoms with Crippen LogP contribution in [0.1, 0.15) is 32.3 Å². The van der Waals surface area contributed by atoms with Crippen molar-refractivity contribution in [3.8, 4) is 0 Å². The first-order valence-electron chi connectivity index (χ1n) is 5.83. The molecule has 0 radical (unpaired) electrons. The molecule has 0 saturated heterocycles. The number of nitrogens with zero attached hydrogens (tertiary/aromatic N) is 3. The minimum absolute atomic E-state index is 0.118. The summed E-state index contributed by atoms with van der Waals surface area (Å²) in [5, 5.41) is 17.1. The van der Waals surface area contributed by atoms with E-state index in [2.05, 4.69) is 15.4 Å². The second-order valence-electron chi connectivity index (χ2n) is 4.36. The SMILES string of the molecule is Cc1nn(C)c(C)c1CNc1nc(C(=O)O)c(C)s1. The maximum absolute atomic E-state index is 10.9. The van der Waals surface area contributed by atoms with Crippen molar-refractivity contribution in [2.24, 2.45) is 7.05 Å². The maximum atomic E-state index is 10.9. The standard InChI is InChI=1S/C12H16N4O2S/c1-6-9(7(2)16(4)15-6)5-13-12-14-10(11(17)18)8(3)19-12/h5H2,1-4H3,(H,13,14)(H,17,18). The highest BCUT2D eigenvalue weighted by molar-refractivity contribution is 7.15. The van der Waals surface area contributed by atoms with Crippen LogP contribution < -0.4 is 5.32 Å². The predicted octanol–water partition coefficient (Wildman–Crippen LogP) is 2.11. The van der Waals surface area contributed by atoms with Gasteiger partial charge in [-0.05, 0) is 20.8 Å². The third-order valence-electron chi connectivity index (χ3n) is 3.07. The smallest absolute Gasteiger partial charge is 0.355 e. The Morgan fingerprint density at radius 2 is 2.11 bits per heavy atom. The summed E-state index contributed by atoms with van der Waals surface area (Å²) < 4.78 is 1.84. The van der Waals surface area contributed by atoms with Crippen molar-refractivity contribution < 1.29 is 9.90 Å².